The van der Waals surface area contributed by atoms with Gasteiger partial charge in [-0.05, 0) is 30.7 Å². The minimum Gasteiger partial charge on any atom is -0.305 e. The van der Waals surface area contributed by atoms with Gasteiger partial charge in [0.25, 0.3) is 0 Å². The van der Waals surface area contributed by atoms with Gasteiger partial charge in [-0.2, -0.15) is 0 Å². The second kappa shape index (κ2) is 3.37. The molecule has 72 valence electrons. The van der Waals surface area contributed by atoms with Gasteiger partial charge in [0.2, 0.25) is 0 Å². The van der Waals surface area contributed by atoms with Crippen LogP contribution in [-0.4, -0.2) is 25.0 Å². The maximum absolute atomic E-state index is 2.48. The summed E-state index contributed by atoms with van der Waals surface area (Å²) < 4.78 is 0. The topological polar surface area (TPSA) is 3.24 Å². The van der Waals surface area contributed by atoms with Gasteiger partial charge in [0.15, 0.2) is 0 Å². The van der Waals surface area contributed by atoms with Gasteiger partial charge >= 0.3 is 0 Å². The van der Waals surface area contributed by atoms with Gasteiger partial charge < -0.3 is 4.90 Å². The fourth-order valence-corrected chi connectivity index (χ4v) is 2.67. The summed E-state index contributed by atoms with van der Waals surface area (Å²) >= 11 is 0. The Bertz CT molecular complexity index is 153. The maximum atomic E-state index is 2.48. The molecule has 0 aromatic carbocycles. The van der Waals surface area contributed by atoms with E-state index in [1.165, 1.54) is 19.5 Å². The number of hydrogen-bond acceptors (Lipinski definition) is 1. The van der Waals surface area contributed by atoms with Crippen LogP contribution in [0.4, 0.5) is 0 Å². The summed E-state index contributed by atoms with van der Waals surface area (Å²) in [6, 6.07) is 0. The van der Waals surface area contributed by atoms with Crippen molar-refractivity contribution in [2.75, 3.05) is 20.1 Å². The molecule has 0 amide bonds. The van der Waals surface area contributed by atoms with Gasteiger partial charge in [-0.25, -0.2) is 0 Å². The lowest BCUT2D eigenvalue weighted by Gasteiger charge is -2.19. The van der Waals surface area contributed by atoms with Crippen LogP contribution in [0.15, 0.2) is 0 Å². The molecule has 2 rings (SSSR count). The number of rotatable bonds is 1. The number of piperidine rings is 1. The molecule has 2 fully saturated rings. The predicted octanol–water partition coefficient (Wildman–Crippen LogP) is 2.62. The highest BCUT2D eigenvalue weighted by Crippen LogP contribution is 2.61. The molecule has 2 atom stereocenters. The molecule has 0 spiro atoms. The minimum absolute atomic E-state index is 0.759. The summed E-state index contributed by atoms with van der Waals surface area (Å²) in [5.41, 5.74) is 0.759. The molecule has 2 unspecified atom stereocenters. The van der Waals surface area contributed by atoms with E-state index in [9.17, 15) is 0 Å². The lowest BCUT2D eigenvalue weighted by molar-refractivity contribution is 0.286. The monoisotopic (exact) mass is 169 g/mol. The van der Waals surface area contributed by atoms with Crippen molar-refractivity contribution in [1.82, 2.24) is 4.90 Å². The van der Waals surface area contributed by atoms with Crippen LogP contribution in [0.5, 0.6) is 0 Å². The molecule has 0 radical (unpaired) electrons. The standard InChI is InChI=1S/C9H17N.C2H6/c1-7(2)9-4-8(9)5-10(3)6-9;1-2/h7-8H,4-6H2,1-3H3;1-2H3. The van der Waals surface area contributed by atoms with Crippen molar-refractivity contribution < 1.29 is 0 Å². The van der Waals surface area contributed by atoms with Gasteiger partial charge in [0.05, 0.1) is 0 Å². The van der Waals surface area contributed by atoms with Crippen molar-refractivity contribution >= 4 is 0 Å². The van der Waals surface area contributed by atoms with E-state index in [1.54, 1.807) is 0 Å². The maximum Gasteiger partial charge on any atom is 0.00407 e. The first kappa shape index (κ1) is 10.0. The number of fused-ring (bicyclic) bond motifs is 1. The van der Waals surface area contributed by atoms with Gasteiger partial charge in [-0.15, -0.1) is 0 Å². The largest absolute Gasteiger partial charge is 0.305 e. The summed E-state index contributed by atoms with van der Waals surface area (Å²) in [7, 11) is 2.25. The van der Waals surface area contributed by atoms with Crippen LogP contribution in [0.3, 0.4) is 0 Å². The van der Waals surface area contributed by atoms with E-state index < -0.39 is 0 Å². The molecule has 0 aromatic heterocycles. The molecule has 0 aromatic rings. The first-order chi connectivity index (χ1) is 5.65. The lowest BCUT2D eigenvalue weighted by Crippen LogP contribution is -2.22. The van der Waals surface area contributed by atoms with Crippen molar-refractivity contribution in [3.05, 3.63) is 0 Å². The van der Waals surface area contributed by atoms with Crippen LogP contribution in [0.25, 0.3) is 0 Å². The van der Waals surface area contributed by atoms with Gasteiger partial charge in [0.1, 0.15) is 0 Å². The Morgan fingerprint density at radius 2 is 1.92 bits per heavy atom. The van der Waals surface area contributed by atoms with Crippen LogP contribution in [0.2, 0.25) is 0 Å². The van der Waals surface area contributed by atoms with E-state index in [4.69, 9.17) is 0 Å². The highest BCUT2D eigenvalue weighted by molar-refractivity contribution is 5.10. The zero-order chi connectivity index (χ0) is 9.35. The Hall–Kier alpha value is -0.0400. The number of hydrogen-bond donors (Lipinski definition) is 0. The summed E-state index contributed by atoms with van der Waals surface area (Å²) in [6.07, 6.45) is 1.51. The molecule has 1 aliphatic heterocycles. The lowest BCUT2D eigenvalue weighted by atomic mass is 9.92. The third kappa shape index (κ3) is 1.39. The van der Waals surface area contributed by atoms with Crippen LogP contribution in [0.1, 0.15) is 34.1 Å². The first-order valence-corrected chi connectivity index (χ1v) is 5.34. The summed E-state index contributed by atoms with van der Waals surface area (Å²) in [4.78, 5) is 2.48. The smallest absolute Gasteiger partial charge is 0.00407 e. The van der Waals surface area contributed by atoms with Gasteiger partial charge in [-0.3, -0.25) is 0 Å². The first-order valence-electron chi connectivity index (χ1n) is 5.34. The summed E-state index contributed by atoms with van der Waals surface area (Å²) in [6.45, 7) is 11.5. The quantitative estimate of drug-likeness (QED) is 0.583. The zero-order valence-electron chi connectivity index (χ0n) is 9.22. The van der Waals surface area contributed by atoms with E-state index in [-0.39, 0.29) is 0 Å². The SMILES string of the molecule is CC.CC(C)C12CC1CN(C)C2. The third-order valence-electron chi connectivity index (χ3n) is 3.53. The van der Waals surface area contributed by atoms with E-state index in [1.807, 2.05) is 13.8 Å². The van der Waals surface area contributed by atoms with Crippen molar-refractivity contribution in [1.29, 1.82) is 0 Å². The summed E-state index contributed by atoms with van der Waals surface area (Å²) in [5, 5.41) is 0. The van der Waals surface area contributed by atoms with Crippen LogP contribution < -0.4 is 0 Å². The van der Waals surface area contributed by atoms with Crippen molar-refractivity contribution in [3.8, 4) is 0 Å². The summed E-state index contributed by atoms with van der Waals surface area (Å²) in [5.74, 6) is 1.96. The Labute approximate surface area is 77.1 Å². The van der Waals surface area contributed by atoms with Crippen LogP contribution in [0, 0.1) is 17.3 Å². The van der Waals surface area contributed by atoms with E-state index in [0.29, 0.717) is 0 Å². The fraction of sp³-hybridized carbons (Fsp3) is 1.00. The molecular weight excluding hydrogens is 146 g/mol. The molecule has 2 aliphatic rings. The van der Waals surface area contributed by atoms with Crippen molar-refractivity contribution in [2.24, 2.45) is 17.3 Å². The van der Waals surface area contributed by atoms with E-state index in [2.05, 4.69) is 25.8 Å². The Morgan fingerprint density at radius 1 is 1.33 bits per heavy atom. The highest BCUT2D eigenvalue weighted by Gasteiger charge is 2.60. The minimum atomic E-state index is 0.759. The molecule has 0 bridgehead atoms. The third-order valence-corrected chi connectivity index (χ3v) is 3.53. The van der Waals surface area contributed by atoms with Gasteiger partial charge in [-0.1, -0.05) is 27.7 Å². The molecule has 1 nitrogen and oxygen atoms in total. The van der Waals surface area contributed by atoms with Crippen LogP contribution in [-0.2, 0) is 0 Å². The molecular formula is C11H23N. The van der Waals surface area contributed by atoms with E-state index >= 15 is 0 Å². The second-order valence-corrected chi connectivity index (χ2v) is 4.49. The number of nitrogens with zero attached hydrogens (tertiary/aromatic N) is 1. The highest BCUT2D eigenvalue weighted by atomic mass is 15.2. The predicted molar refractivity (Wildman–Crippen MR) is 54.2 cm³/mol. The Balaban J connectivity index is 0.000000336. The second-order valence-electron chi connectivity index (χ2n) is 4.49. The van der Waals surface area contributed by atoms with Crippen LogP contribution >= 0.6 is 0 Å². The molecule has 0 N–H and O–H groups in total. The molecule has 1 saturated heterocycles. The Kier molecular flexibility index (Phi) is 2.82. The van der Waals surface area contributed by atoms with E-state index in [0.717, 1.165) is 17.3 Å². The fourth-order valence-electron chi connectivity index (χ4n) is 2.67. The molecule has 1 saturated carbocycles. The average molecular weight is 169 g/mol. The van der Waals surface area contributed by atoms with Crippen molar-refractivity contribution in [3.63, 3.8) is 0 Å². The molecule has 1 aliphatic carbocycles. The average Bonchev–Trinajstić information content (AvgIpc) is 2.60. The van der Waals surface area contributed by atoms with Gasteiger partial charge in [0, 0.05) is 13.1 Å². The normalized spacial score (nSPS) is 39.0. The zero-order valence-corrected chi connectivity index (χ0v) is 9.22. The number of likely N-dealkylation sites (tertiary alicyclic amines) is 1. The molecule has 1 heteroatoms. The Morgan fingerprint density at radius 3 is 2.17 bits per heavy atom. The van der Waals surface area contributed by atoms with Crippen molar-refractivity contribution in [2.45, 2.75) is 34.1 Å². The molecule has 12 heavy (non-hydrogen) atoms. The molecule has 1 heterocycles.